The average Bonchev–Trinajstić information content (AvgIpc) is 2.45. The molecule has 8 nitrogen and oxygen atoms in total. The Morgan fingerprint density at radius 1 is 1.21 bits per heavy atom. The highest BCUT2D eigenvalue weighted by atomic mass is 16.6. The second-order valence-electron chi connectivity index (χ2n) is 6.94. The first kappa shape index (κ1) is 20.4. The van der Waals surface area contributed by atoms with E-state index in [4.69, 9.17) is 14.6 Å². The number of carboxylic acid groups (broad SMARTS) is 1. The molecule has 1 atom stereocenters. The summed E-state index contributed by atoms with van der Waals surface area (Å²) < 4.78 is 10.3. The molecular weight excluding hydrogens is 316 g/mol. The van der Waals surface area contributed by atoms with Gasteiger partial charge in [0.1, 0.15) is 5.60 Å². The first-order valence-electron chi connectivity index (χ1n) is 8.18. The fourth-order valence-electron chi connectivity index (χ4n) is 2.83. The zero-order valence-electron chi connectivity index (χ0n) is 14.8. The number of ether oxygens (including phenoxy) is 2. The van der Waals surface area contributed by atoms with E-state index in [2.05, 4.69) is 5.32 Å². The Kier molecular flexibility index (Phi) is 7.62. The van der Waals surface area contributed by atoms with Crippen LogP contribution in [0.25, 0.3) is 0 Å². The summed E-state index contributed by atoms with van der Waals surface area (Å²) in [6, 6.07) is -0.0656. The molecule has 1 aliphatic rings. The number of alkyl carbamates (subject to hydrolysis) is 1. The molecule has 0 spiro atoms. The van der Waals surface area contributed by atoms with Gasteiger partial charge in [0.25, 0.3) is 5.91 Å². The Labute approximate surface area is 142 Å². The molecule has 0 aromatic rings. The highest BCUT2D eigenvalue weighted by Gasteiger charge is 2.35. The van der Waals surface area contributed by atoms with Crippen LogP contribution in [-0.2, 0) is 19.1 Å². The quantitative estimate of drug-likeness (QED) is 0.707. The molecule has 0 aromatic heterocycles. The number of nitrogens with zero attached hydrogens (tertiary/aromatic N) is 1. The zero-order chi connectivity index (χ0) is 18.3. The van der Waals surface area contributed by atoms with Crippen molar-refractivity contribution in [2.75, 3.05) is 13.7 Å². The minimum absolute atomic E-state index is 0.0656. The first-order chi connectivity index (χ1) is 11.1. The number of hydrogen-bond donors (Lipinski definition) is 2. The lowest BCUT2D eigenvalue weighted by Crippen LogP contribution is -2.55. The van der Waals surface area contributed by atoms with E-state index in [-0.39, 0.29) is 12.6 Å². The SMILES string of the molecule is COC(C(=O)NC(=O)OC(C)(C)C)N(CC(=O)O)C1CCCCC1. The van der Waals surface area contributed by atoms with E-state index in [1.54, 1.807) is 20.8 Å². The first-order valence-corrected chi connectivity index (χ1v) is 8.18. The van der Waals surface area contributed by atoms with Crippen LogP contribution < -0.4 is 5.32 Å². The smallest absolute Gasteiger partial charge is 0.414 e. The van der Waals surface area contributed by atoms with Crippen LogP contribution in [-0.4, -0.2) is 59.5 Å². The van der Waals surface area contributed by atoms with E-state index in [1.807, 2.05) is 0 Å². The summed E-state index contributed by atoms with van der Waals surface area (Å²) in [5.41, 5.74) is -0.739. The molecular formula is C16H28N2O6. The van der Waals surface area contributed by atoms with Crippen molar-refractivity contribution in [3.8, 4) is 0 Å². The van der Waals surface area contributed by atoms with Crippen molar-refractivity contribution in [1.29, 1.82) is 0 Å². The maximum Gasteiger partial charge on any atom is 0.414 e. The number of nitrogens with one attached hydrogen (secondary N) is 1. The van der Waals surface area contributed by atoms with E-state index in [1.165, 1.54) is 12.0 Å². The Balaban J connectivity index is 2.81. The third-order valence-electron chi connectivity index (χ3n) is 3.73. The summed E-state index contributed by atoms with van der Waals surface area (Å²) in [5.74, 6) is -1.77. The third kappa shape index (κ3) is 6.84. The van der Waals surface area contributed by atoms with Crippen molar-refractivity contribution in [3.63, 3.8) is 0 Å². The lowest BCUT2D eigenvalue weighted by Gasteiger charge is -2.37. The van der Waals surface area contributed by atoms with Gasteiger partial charge in [-0.15, -0.1) is 0 Å². The monoisotopic (exact) mass is 344 g/mol. The van der Waals surface area contributed by atoms with Crippen molar-refractivity contribution >= 4 is 18.0 Å². The van der Waals surface area contributed by atoms with Gasteiger partial charge in [0.2, 0.25) is 0 Å². The minimum Gasteiger partial charge on any atom is -0.480 e. The largest absolute Gasteiger partial charge is 0.480 e. The predicted molar refractivity (Wildman–Crippen MR) is 86.4 cm³/mol. The van der Waals surface area contributed by atoms with Crippen molar-refractivity contribution < 1.29 is 29.0 Å². The normalized spacial score (nSPS) is 17.4. The zero-order valence-corrected chi connectivity index (χ0v) is 14.8. The molecule has 1 unspecified atom stereocenters. The molecule has 138 valence electrons. The Bertz CT molecular complexity index is 454. The number of aliphatic carboxylic acids is 1. The van der Waals surface area contributed by atoms with Gasteiger partial charge in [0.05, 0.1) is 6.54 Å². The molecule has 24 heavy (non-hydrogen) atoms. The minimum atomic E-state index is -1.16. The number of carbonyl (C=O) groups is 3. The number of imide groups is 1. The fraction of sp³-hybridized carbons (Fsp3) is 0.812. The summed E-state index contributed by atoms with van der Waals surface area (Å²) in [7, 11) is 1.32. The van der Waals surface area contributed by atoms with Crippen LogP contribution in [0.2, 0.25) is 0 Å². The van der Waals surface area contributed by atoms with Crippen LogP contribution >= 0.6 is 0 Å². The molecule has 0 aliphatic heterocycles. The molecule has 0 bridgehead atoms. The summed E-state index contributed by atoms with van der Waals surface area (Å²) in [4.78, 5) is 36.8. The maximum atomic E-state index is 12.4. The van der Waals surface area contributed by atoms with Gasteiger partial charge in [0.15, 0.2) is 6.23 Å². The van der Waals surface area contributed by atoms with Crippen LogP contribution in [0.1, 0.15) is 52.9 Å². The van der Waals surface area contributed by atoms with Gasteiger partial charge in [-0.25, -0.2) is 4.79 Å². The van der Waals surface area contributed by atoms with Gasteiger partial charge in [0, 0.05) is 13.2 Å². The fourth-order valence-corrected chi connectivity index (χ4v) is 2.83. The molecule has 1 saturated carbocycles. The van der Waals surface area contributed by atoms with Crippen molar-refractivity contribution in [3.05, 3.63) is 0 Å². The van der Waals surface area contributed by atoms with Crippen molar-refractivity contribution in [2.24, 2.45) is 0 Å². The molecule has 8 heteroatoms. The van der Waals surface area contributed by atoms with Gasteiger partial charge in [-0.1, -0.05) is 19.3 Å². The molecule has 2 amide bonds. The summed E-state index contributed by atoms with van der Waals surface area (Å²) in [6.45, 7) is 4.72. The van der Waals surface area contributed by atoms with Gasteiger partial charge >= 0.3 is 12.1 Å². The Hall–Kier alpha value is -1.67. The Morgan fingerprint density at radius 2 is 1.79 bits per heavy atom. The maximum absolute atomic E-state index is 12.4. The average molecular weight is 344 g/mol. The molecule has 0 aromatic carbocycles. The van der Waals surface area contributed by atoms with Crippen molar-refractivity contribution in [2.45, 2.75) is 70.7 Å². The molecule has 0 heterocycles. The van der Waals surface area contributed by atoms with Gasteiger partial charge in [-0.2, -0.15) is 0 Å². The molecule has 1 aliphatic carbocycles. The molecule has 0 saturated heterocycles. The standard InChI is InChI=1S/C16H28N2O6/c1-16(2,3)24-15(22)17-13(21)14(23-4)18(10-12(19)20)11-8-6-5-7-9-11/h11,14H,5-10H2,1-4H3,(H,19,20)(H,17,21,22). The van der Waals surface area contributed by atoms with E-state index in [9.17, 15) is 14.4 Å². The Morgan fingerprint density at radius 3 is 2.25 bits per heavy atom. The van der Waals surface area contributed by atoms with Crippen LogP contribution in [0.3, 0.4) is 0 Å². The summed E-state index contributed by atoms with van der Waals surface area (Å²) in [5, 5.41) is 11.3. The number of methoxy groups -OCH3 is 1. The lowest BCUT2D eigenvalue weighted by molar-refractivity contribution is -0.154. The van der Waals surface area contributed by atoms with Gasteiger partial charge < -0.3 is 14.6 Å². The number of carboxylic acids is 1. The highest BCUT2D eigenvalue weighted by molar-refractivity contribution is 5.94. The van der Waals surface area contributed by atoms with Crippen LogP contribution in [0.4, 0.5) is 4.79 Å². The van der Waals surface area contributed by atoms with E-state index in [0.717, 1.165) is 32.1 Å². The van der Waals surface area contributed by atoms with Crippen LogP contribution in [0.15, 0.2) is 0 Å². The summed E-state index contributed by atoms with van der Waals surface area (Å²) in [6.07, 6.45) is 2.61. The third-order valence-corrected chi connectivity index (χ3v) is 3.73. The number of hydrogen-bond acceptors (Lipinski definition) is 6. The second kappa shape index (κ2) is 8.98. The molecule has 2 N–H and O–H groups in total. The predicted octanol–water partition coefficient (Wildman–Crippen LogP) is 1.73. The van der Waals surface area contributed by atoms with Gasteiger partial charge in [-0.3, -0.25) is 19.8 Å². The molecule has 0 radical (unpaired) electrons. The number of carbonyl (C=O) groups excluding carboxylic acids is 2. The molecule has 1 rings (SSSR count). The second-order valence-corrected chi connectivity index (χ2v) is 6.94. The van der Waals surface area contributed by atoms with Crippen molar-refractivity contribution in [1.82, 2.24) is 10.2 Å². The topological polar surface area (TPSA) is 105 Å². The van der Waals surface area contributed by atoms with E-state index in [0.29, 0.717) is 0 Å². The number of amides is 2. The lowest BCUT2D eigenvalue weighted by atomic mass is 9.94. The van der Waals surface area contributed by atoms with E-state index >= 15 is 0 Å². The highest BCUT2D eigenvalue weighted by Crippen LogP contribution is 2.24. The van der Waals surface area contributed by atoms with Crippen LogP contribution in [0, 0.1) is 0 Å². The number of rotatable bonds is 6. The molecule has 1 fully saturated rings. The van der Waals surface area contributed by atoms with Gasteiger partial charge in [-0.05, 0) is 33.6 Å². The summed E-state index contributed by atoms with van der Waals surface area (Å²) >= 11 is 0. The van der Waals surface area contributed by atoms with E-state index < -0.39 is 29.8 Å². The van der Waals surface area contributed by atoms with Crippen LogP contribution in [0.5, 0.6) is 0 Å².